The Labute approximate surface area is 159 Å². The Morgan fingerprint density at radius 2 is 2.04 bits per heavy atom. The molecule has 1 aromatic carbocycles. The number of aromatic nitrogens is 1. The van der Waals surface area contributed by atoms with Crippen molar-refractivity contribution in [1.29, 1.82) is 0 Å². The highest BCUT2D eigenvalue weighted by atomic mass is 16.5. The van der Waals surface area contributed by atoms with Gasteiger partial charge in [0.05, 0.1) is 7.11 Å². The number of esters is 1. The highest BCUT2D eigenvalue weighted by molar-refractivity contribution is 5.83. The van der Waals surface area contributed by atoms with Gasteiger partial charge in [-0.2, -0.15) is 0 Å². The minimum Gasteiger partial charge on any atom is -0.467 e. The van der Waals surface area contributed by atoms with Crippen LogP contribution >= 0.6 is 0 Å². The number of benzene rings is 1. The zero-order valence-electron chi connectivity index (χ0n) is 16.1. The molecule has 1 aliphatic heterocycles. The molecule has 1 unspecified atom stereocenters. The van der Waals surface area contributed by atoms with Crippen LogP contribution in [0.5, 0.6) is 0 Å². The maximum atomic E-state index is 12.6. The Balaban J connectivity index is 1.59. The summed E-state index contributed by atoms with van der Waals surface area (Å²) in [6, 6.07) is 6.88. The number of nitrogens with zero attached hydrogens (tertiary/aromatic N) is 2. The van der Waals surface area contributed by atoms with Crippen molar-refractivity contribution in [3.05, 3.63) is 30.2 Å². The predicted molar refractivity (Wildman–Crippen MR) is 101 cm³/mol. The molecule has 2 amide bonds. The fourth-order valence-corrected chi connectivity index (χ4v) is 3.41. The van der Waals surface area contributed by atoms with Crippen LogP contribution in [0.4, 0.5) is 4.79 Å². The van der Waals surface area contributed by atoms with Gasteiger partial charge < -0.3 is 19.4 Å². The summed E-state index contributed by atoms with van der Waals surface area (Å²) in [5.74, 6) is 0.550. The molecular weight excluding hydrogens is 346 g/mol. The van der Waals surface area contributed by atoms with Crippen molar-refractivity contribution in [2.24, 2.45) is 5.92 Å². The number of oxazole rings is 1. The minimum atomic E-state index is -0.623. The van der Waals surface area contributed by atoms with E-state index in [2.05, 4.69) is 10.3 Å². The fourth-order valence-electron chi connectivity index (χ4n) is 3.41. The van der Waals surface area contributed by atoms with E-state index in [1.54, 1.807) is 4.90 Å². The lowest BCUT2D eigenvalue weighted by atomic mass is 9.96. The van der Waals surface area contributed by atoms with Gasteiger partial charge in [-0.15, -0.1) is 0 Å². The zero-order valence-corrected chi connectivity index (χ0v) is 16.1. The van der Waals surface area contributed by atoms with Gasteiger partial charge in [0.15, 0.2) is 11.5 Å². The number of nitrogens with one attached hydrogen (secondary N) is 1. The van der Waals surface area contributed by atoms with Gasteiger partial charge in [0.2, 0.25) is 0 Å². The minimum absolute atomic E-state index is 0.0127. The first-order valence-electron chi connectivity index (χ1n) is 9.52. The second-order valence-electron chi connectivity index (χ2n) is 7.12. The van der Waals surface area contributed by atoms with E-state index in [0.29, 0.717) is 13.1 Å². The van der Waals surface area contributed by atoms with Gasteiger partial charge in [0.25, 0.3) is 0 Å². The van der Waals surface area contributed by atoms with Gasteiger partial charge in [0.1, 0.15) is 11.6 Å². The summed E-state index contributed by atoms with van der Waals surface area (Å²) in [5, 5.41) is 2.84. The van der Waals surface area contributed by atoms with Gasteiger partial charge in [-0.3, -0.25) is 0 Å². The summed E-state index contributed by atoms with van der Waals surface area (Å²) >= 11 is 0. The van der Waals surface area contributed by atoms with E-state index in [1.807, 2.05) is 38.1 Å². The maximum Gasteiger partial charge on any atom is 0.328 e. The van der Waals surface area contributed by atoms with Crippen molar-refractivity contribution in [1.82, 2.24) is 15.2 Å². The number of rotatable bonds is 5. The molecule has 0 spiro atoms. The molecule has 0 saturated carbocycles. The molecule has 1 N–H and O–H groups in total. The lowest BCUT2D eigenvalue weighted by molar-refractivity contribution is -0.144. The lowest BCUT2D eigenvalue weighted by Gasteiger charge is -2.32. The molecule has 1 fully saturated rings. The highest BCUT2D eigenvalue weighted by Gasteiger charge is 2.31. The van der Waals surface area contributed by atoms with Crippen molar-refractivity contribution in [2.75, 3.05) is 20.2 Å². The number of piperidine rings is 1. The Morgan fingerprint density at radius 3 is 2.67 bits per heavy atom. The normalized spacial score (nSPS) is 17.5. The first-order valence-corrected chi connectivity index (χ1v) is 9.52. The van der Waals surface area contributed by atoms with Gasteiger partial charge in [-0.25, -0.2) is 14.6 Å². The van der Waals surface area contributed by atoms with Crippen LogP contribution in [-0.2, 0) is 9.53 Å². The summed E-state index contributed by atoms with van der Waals surface area (Å²) in [6.07, 6.45) is 2.35. The number of ether oxygens (including phenoxy) is 1. The van der Waals surface area contributed by atoms with E-state index < -0.39 is 12.0 Å². The van der Waals surface area contributed by atoms with Gasteiger partial charge in [-0.1, -0.05) is 32.4 Å². The van der Waals surface area contributed by atoms with Crippen LogP contribution in [0.2, 0.25) is 0 Å². The van der Waals surface area contributed by atoms with E-state index in [9.17, 15) is 9.59 Å². The van der Waals surface area contributed by atoms with Crippen LogP contribution in [0.1, 0.15) is 44.9 Å². The predicted octanol–water partition coefficient (Wildman–Crippen LogP) is 3.30. The topological polar surface area (TPSA) is 84.7 Å². The summed E-state index contributed by atoms with van der Waals surface area (Å²) in [7, 11) is 1.34. The van der Waals surface area contributed by atoms with E-state index >= 15 is 0 Å². The van der Waals surface area contributed by atoms with E-state index in [1.165, 1.54) is 7.11 Å². The van der Waals surface area contributed by atoms with Crippen LogP contribution in [0, 0.1) is 5.92 Å². The van der Waals surface area contributed by atoms with Crippen LogP contribution in [-0.4, -0.2) is 48.1 Å². The Bertz CT molecular complexity index is 762. The molecule has 0 bridgehead atoms. The van der Waals surface area contributed by atoms with Crippen LogP contribution < -0.4 is 5.32 Å². The molecule has 2 atom stereocenters. The van der Waals surface area contributed by atoms with Crippen molar-refractivity contribution >= 4 is 23.1 Å². The number of hydrogen-bond donors (Lipinski definition) is 1. The third kappa shape index (κ3) is 4.23. The van der Waals surface area contributed by atoms with Crippen LogP contribution in [0.15, 0.2) is 28.7 Å². The third-order valence-corrected chi connectivity index (χ3v) is 5.39. The van der Waals surface area contributed by atoms with Crippen molar-refractivity contribution in [3.8, 4) is 0 Å². The standard InChI is InChI=1S/C20H27N3O4/c1-4-13(2)17(19(24)26-3)22-20(25)23-11-9-14(10-12-23)18-21-15-7-5-6-8-16(15)27-18/h5-8,13-14,17H,4,9-12H2,1-3H3,(H,22,25)/t13?,17-/m0/s1. The lowest BCUT2D eigenvalue weighted by Crippen LogP contribution is -2.52. The Hall–Kier alpha value is -2.57. The number of carbonyl (C=O) groups is 2. The van der Waals surface area contributed by atoms with E-state index in [0.717, 1.165) is 36.3 Å². The summed E-state index contributed by atoms with van der Waals surface area (Å²) < 4.78 is 10.7. The first kappa shape index (κ1) is 19.2. The number of amides is 2. The molecule has 1 saturated heterocycles. The molecule has 146 valence electrons. The number of carbonyl (C=O) groups excluding carboxylic acids is 2. The molecular formula is C20H27N3O4. The van der Waals surface area contributed by atoms with Gasteiger partial charge in [-0.05, 0) is 30.9 Å². The van der Waals surface area contributed by atoms with Crippen molar-refractivity contribution < 1.29 is 18.7 Å². The molecule has 0 radical (unpaired) electrons. The molecule has 0 aliphatic carbocycles. The number of urea groups is 1. The number of likely N-dealkylation sites (tertiary alicyclic amines) is 1. The molecule has 2 aromatic rings. The molecule has 7 nitrogen and oxygen atoms in total. The van der Waals surface area contributed by atoms with Crippen molar-refractivity contribution in [3.63, 3.8) is 0 Å². The summed E-state index contributed by atoms with van der Waals surface area (Å²) in [6.45, 7) is 5.12. The highest BCUT2D eigenvalue weighted by Crippen LogP contribution is 2.30. The fraction of sp³-hybridized carbons (Fsp3) is 0.550. The van der Waals surface area contributed by atoms with Crippen molar-refractivity contribution in [2.45, 2.75) is 45.1 Å². The molecule has 2 heterocycles. The Kier molecular flexibility index (Phi) is 5.98. The quantitative estimate of drug-likeness (QED) is 0.813. The van der Waals surface area contributed by atoms with Gasteiger partial charge >= 0.3 is 12.0 Å². The zero-order chi connectivity index (χ0) is 19.4. The Morgan fingerprint density at radius 1 is 1.33 bits per heavy atom. The van der Waals surface area contributed by atoms with E-state index in [-0.39, 0.29) is 17.9 Å². The largest absolute Gasteiger partial charge is 0.467 e. The van der Waals surface area contributed by atoms with E-state index in [4.69, 9.17) is 9.15 Å². The summed E-state index contributed by atoms with van der Waals surface area (Å²) in [5.41, 5.74) is 1.66. The number of fused-ring (bicyclic) bond motifs is 1. The molecule has 27 heavy (non-hydrogen) atoms. The second-order valence-corrected chi connectivity index (χ2v) is 7.12. The van der Waals surface area contributed by atoms with Gasteiger partial charge in [0, 0.05) is 19.0 Å². The monoisotopic (exact) mass is 373 g/mol. The smallest absolute Gasteiger partial charge is 0.328 e. The average Bonchev–Trinajstić information content (AvgIpc) is 3.15. The molecule has 1 aliphatic rings. The van der Waals surface area contributed by atoms with Crippen LogP contribution in [0.25, 0.3) is 11.1 Å². The number of methoxy groups -OCH3 is 1. The summed E-state index contributed by atoms with van der Waals surface area (Å²) in [4.78, 5) is 30.9. The number of para-hydroxylation sites is 2. The molecule has 3 rings (SSSR count). The molecule has 7 heteroatoms. The number of hydrogen-bond acceptors (Lipinski definition) is 5. The molecule has 1 aromatic heterocycles. The average molecular weight is 373 g/mol. The van der Waals surface area contributed by atoms with Crippen LogP contribution in [0.3, 0.4) is 0 Å². The maximum absolute atomic E-state index is 12.6. The second kappa shape index (κ2) is 8.41. The SMILES string of the molecule is CCC(C)[C@H](NC(=O)N1CCC(c2nc3ccccc3o2)CC1)C(=O)OC. The first-order chi connectivity index (χ1) is 13.0. The third-order valence-electron chi connectivity index (χ3n) is 5.39.